The Morgan fingerprint density at radius 2 is 2.37 bits per heavy atom. The average Bonchev–Trinajstić information content (AvgIpc) is 2.92. The van der Waals surface area contributed by atoms with Gasteiger partial charge < -0.3 is 9.88 Å². The van der Waals surface area contributed by atoms with Crippen LogP contribution >= 0.6 is 0 Å². The molecule has 0 saturated carbocycles. The molecule has 0 bridgehead atoms. The first-order valence-electron chi connectivity index (χ1n) is 6.70. The summed E-state index contributed by atoms with van der Waals surface area (Å²) in [5.41, 5.74) is 5.03. The van der Waals surface area contributed by atoms with Gasteiger partial charge in [0.1, 0.15) is 0 Å². The normalized spacial score (nSPS) is 13.4. The summed E-state index contributed by atoms with van der Waals surface area (Å²) in [6, 6.07) is 6.48. The summed E-state index contributed by atoms with van der Waals surface area (Å²) in [6.07, 6.45) is 12.2. The van der Waals surface area contributed by atoms with E-state index in [1.165, 1.54) is 23.2 Å². The van der Waals surface area contributed by atoms with Gasteiger partial charge in [-0.2, -0.15) is 0 Å². The van der Waals surface area contributed by atoms with Crippen LogP contribution in [0.4, 0.5) is 5.69 Å². The van der Waals surface area contributed by atoms with E-state index in [0.29, 0.717) is 0 Å². The molecule has 0 radical (unpaired) electrons. The van der Waals surface area contributed by atoms with Crippen LogP contribution < -0.4 is 5.32 Å². The first kappa shape index (κ1) is 11.9. The summed E-state index contributed by atoms with van der Waals surface area (Å²) in [5, 5.41) is 3.52. The lowest BCUT2D eigenvalue weighted by Crippen LogP contribution is -2.13. The first-order valence-corrected chi connectivity index (χ1v) is 6.70. The standard InChI is InChI=1S/C16H17N3/c1-2-3-10-19-12-17-11-15(19)14-8-4-6-13-7-5-9-18-16(13)14/h1,4,6,8,11-12,18H,3,5,7,9-10H2. The number of nitrogens with zero attached hydrogens (tertiary/aromatic N) is 2. The molecule has 0 amide bonds. The molecule has 3 nitrogen and oxygen atoms in total. The molecule has 0 unspecified atom stereocenters. The Balaban J connectivity index is 2.03. The van der Waals surface area contributed by atoms with Gasteiger partial charge in [0, 0.05) is 30.8 Å². The number of fused-ring (bicyclic) bond motifs is 1. The second-order valence-electron chi connectivity index (χ2n) is 4.80. The summed E-state index contributed by atoms with van der Waals surface area (Å²) in [7, 11) is 0. The predicted molar refractivity (Wildman–Crippen MR) is 77.9 cm³/mol. The Labute approximate surface area is 113 Å². The minimum absolute atomic E-state index is 0.728. The smallest absolute Gasteiger partial charge is 0.0951 e. The van der Waals surface area contributed by atoms with Crippen molar-refractivity contribution in [2.75, 3.05) is 11.9 Å². The van der Waals surface area contributed by atoms with Crippen LogP contribution in [-0.4, -0.2) is 16.1 Å². The third kappa shape index (κ3) is 2.22. The highest BCUT2D eigenvalue weighted by Crippen LogP contribution is 2.33. The molecule has 0 aliphatic carbocycles. The van der Waals surface area contributed by atoms with Gasteiger partial charge in [-0.25, -0.2) is 4.98 Å². The highest BCUT2D eigenvalue weighted by molar-refractivity contribution is 5.78. The van der Waals surface area contributed by atoms with Crippen LogP contribution in [0.2, 0.25) is 0 Å². The number of hydrogen-bond acceptors (Lipinski definition) is 2. The number of nitrogens with one attached hydrogen (secondary N) is 1. The van der Waals surface area contributed by atoms with Gasteiger partial charge in [0.25, 0.3) is 0 Å². The van der Waals surface area contributed by atoms with Gasteiger partial charge in [-0.1, -0.05) is 18.2 Å². The van der Waals surface area contributed by atoms with E-state index in [1.807, 2.05) is 12.5 Å². The third-order valence-electron chi connectivity index (χ3n) is 3.56. The van der Waals surface area contributed by atoms with Gasteiger partial charge in [-0.3, -0.25) is 0 Å². The predicted octanol–water partition coefficient (Wildman–Crippen LogP) is 2.93. The molecule has 0 fully saturated rings. The van der Waals surface area contributed by atoms with E-state index in [0.717, 1.165) is 31.6 Å². The van der Waals surface area contributed by atoms with Crippen molar-refractivity contribution in [3.05, 3.63) is 36.3 Å². The molecular formula is C16H17N3. The Bertz CT molecular complexity index is 619. The maximum atomic E-state index is 5.35. The zero-order valence-electron chi connectivity index (χ0n) is 10.9. The molecule has 2 aromatic rings. The lowest BCUT2D eigenvalue weighted by atomic mass is 9.98. The van der Waals surface area contributed by atoms with Crippen molar-refractivity contribution in [2.24, 2.45) is 0 Å². The van der Waals surface area contributed by atoms with Gasteiger partial charge in [-0.05, 0) is 18.4 Å². The van der Waals surface area contributed by atoms with E-state index in [-0.39, 0.29) is 0 Å². The highest BCUT2D eigenvalue weighted by Gasteiger charge is 2.15. The van der Waals surface area contributed by atoms with Crippen LogP contribution in [0.25, 0.3) is 11.3 Å². The summed E-state index contributed by atoms with van der Waals surface area (Å²) in [6.45, 7) is 1.86. The summed E-state index contributed by atoms with van der Waals surface area (Å²) >= 11 is 0. The molecule has 3 heteroatoms. The molecule has 1 aromatic heterocycles. The van der Waals surface area contributed by atoms with Crippen LogP contribution in [-0.2, 0) is 13.0 Å². The second kappa shape index (κ2) is 5.19. The summed E-state index contributed by atoms with van der Waals surface area (Å²) in [5.74, 6) is 2.68. The van der Waals surface area contributed by atoms with Crippen LogP contribution in [0, 0.1) is 12.3 Å². The number of aromatic nitrogens is 2. The average molecular weight is 251 g/mol. The van der Waals surface area contributed by atoms with E-state index in [2.05, 4.69) is 39.0 Å². The lowest BCUT2D eigenvalue weighted by molar-refractivity contribution is 0.725. The van der Waals surface area contributed by atoms with Gasteiger partial charge in [0.15, 0.2) is 0 Å². The fraction of sp³-hybridized carbons (Fsp3) is 0.312. The molecule has 3 rings (SSSR count). The van der Waals surface area contributed by atoms with Crippen molar-refractivity contribution in [2.45, 2.75) is 25.8 Å². The number of rotatable bonds is 3. The molecule has 2 heterocycles. The van der Waals surface area contributed by atoms with Crippen molar-refractivity contribution < 1.29 is 0 Å². The Hall–Kier alpha value is -2.21. The zero-order valence-corrected chi connectivity index (χ0v) is 10.9. The lowest BCUT2D eigenvalue weighted by Gasteiger charge is -2.21. The summed E-state index contributed by atoms with van der Waals surface area (Å²) < 4.78 is 2.13. The van der Waals surface area contributed by atoms with Gasteiger partial charge in [-0.15, -0.1) is 12.3 Å². The number of terminal acetylenes is 1. The van der Waals surface area contributed by atoms with E-state index >= 15 is 0 Å². The molecule has 19 heavy (non-hydrogen) atoms. The van der Waals surface area contributed by atoms with Crippen LogP contribution in [0.15, 0.2) is 30.7 Å². The molecular weight excluding hydrogens is 234 g/mol. The fourth-order valence-corrected chi connectivity index (χ4v) is 2.63. The number of imidazole rings is 1. The van der Waals surface area contributed by atoms with Crippen LogP contribution in [0.5, 0.6) is 0 Å². The van der Waals surface area contributed by atoms with Crippen molar-refractivity contribution in [3.8, 4) is 23.6 Å². The van der Waals surface area contributed by atoms with Crippen LogP contribution in [0.3, 0.4) is 0 Å². The first-order chi connectivity index (χ1) is 9.40. The van der Waals surface area contributed by atoms with Crippen molar-refractivity contribution in [1.29, 1.82) is 0 Å². The van der Waals surface area contributed by atoms with E-state index in [1.54, 1.807) is 0 Å². The monoisotopic (exact) mass is 251 g/mol. The van der Waals surface area contributed by atoms with Gasteiger partial charge >= 0.3 is 0 Å². The molecule has 0 saturated heterocycles. The van der Waals surface area contributed by atoms with Gasteiger partial charge in [0.2, 0.25) is 0 Å². The molecule has 96 valence electrons. The topological polar surface area (TPSA) is 29.9 Å². The van der Waals surface area contributed by atoms with Gasteiger partial charge in [0.05, 0.1) is 18.2 Å². The third-order valence-corrected chi connectivity index (χ3v) is 3.56. The molecule has 1 N–H and O–H groups in total. The van der Waals surface area contributed by atoms with Crippen molar-refractivity contribution in [3.63, 3.8) is 0 Å². The molecule has 1 aliphatic rings. The van der Waals surface area contributed by atoms with E-state index < -0.39 is 0 Å². The number of para-hydroxylation sites is 1. The maximum Gasteiger partial charge on any atom is 0.0951 e. The van der Waals surface area contributed by atoms with E-state index in [9.17, 15) is 0 Å². The largest absolute Gasteiger partial charge is 0.384 e. The molecule has 0 atom stereocenters. The maximum absolute atomic E-state index is 5.35. The Kier molecular flexibility index (Phi) is 3.24. The zero-order chi connectivity index (χ0) is 13.1. The van der Waals surface area contributed by atoms with E-state index in [4.69, 9.17) is 6.42 Å². The highest BCUT2D eigenvalue weighted by atomic mass is 15.0. The van der Waals surface area contributed by atoms with Crippen LogP contribution in [0.1, 0.15) is 18.4 Å². The fourth-order valence-electron chi connectivity index (χ4n) is 2.63. The van der Waals surface area contributed by atoms with Crippen molar-refractivity contribution >= 4 is 5.69 Å². The quantitative estimate of drug-likeness (QED) is 0.850. The molecule has 1 aromatic carbocycles. The minimum Gasteiger partial charge on any atom is -0.384 e. The second-order valence-corrected chi connectivity index (χ2v) is 4.80. The number of benzene rings is 1. The molecule has 1 aliphatic heterocycles. The Morgan fingerprint density at radius 1 is 1.42 bits per heavy atom. The Morgan fingerprint density at radius 3 is 3.26 bits per heavy atom. The summed E-state index contributed by atoms with van der Waals surface area (Å²) in [4.78, 5) is 4.27. The number of hydrogen-bond donors (Lipinski definition) is 1. The van der Waals surface area contributed by atoms with Crippen molar-refractivity contribution in [1.82, 2.24) is 9.55 Å². The molecule has 0 spiro atoms. The number of aryl methyl sites for hydroxylation is 2. The SMILES string of the molecule is C#CCCn1cncc1-c1cccc2c1NCCC2. The minimum atomic E-state index is 0.728. The number of anilines is 1.